The van der Waals surface area contributed by atoms with Gasteiger partial charge in [-0.25, -0.2) is 4.68 Å². The summed E-state index contributed by atoms with van der Waals surface area (Å²) in [6, 6.07) is 8.95. The molecule has 134 valence electrons. The molecule has 2 heterocycles. The number of halogens is 2. The van der Waals surface area contributed by atoms with Crippen molar-refractivity contribution in [2.75, 3.05) is 0 Å². The van der Waals surface area contributed by atoms with Crippen molar-refractivity contribution in [3.05, 3.63) is 69.4 Å². The molecule has 1 aromatic carbocycles. The zero-order valence-electron chi connectivity index (χ0n) is 14.1. The van der Waals surface area contributed by atoms with Gasteiger partial charge < -0.3 is 9.73 Å². The summed E-state index contributed by atoms with van der Waals surface area (Å²) in [4.78, 5) is 12.8. The summed E-state index contributed by atoms with van der Waals surface area (Å²) in [7, 11) is 0. The molecule has 0 atom stereocenters. The molecule has 0 saturated heterocycles. The Hall–Kier alpha value is -2.24. The maximum Gasteiger partial charge on any atom is 0.255 e. The fourth-order valence-corrected chi connectivity index (χ4v) is 3.28. The van der Waals surface area contributed by atoms with Crippen LogP contribution in [-0.4, -0.2) is 15.7 Å². The van der Waals surface area contributed by atoms with Crippen molar-refractivity contribution >= 4 is 29.1 Å². The van der Waals surface area contributed by atoms with E-state index in [0.29, 0.717) is 33.8 Å². The van der Waals surface area contributed by atoms with Gasteiger partial charge in [0.1, 0.15) is 5.76 Å². The predicted octanol–water partition coefficient (Wildman–Crippen LogP) is 4.89. The Balaban J connectivity index is 1.68. The van der Waals surface area contributed by atoms with Gasteiger partial charge in [0, 0.05) is 5.92 Å². The maximum absolute atomic E-state index is 12.8. The van der Waals surface area contributed by atoms with E-state index < -0.39 is 0 Å². The van der Waals surface area contributed by atoms with Gasteiger partial charge in [-0.15, -0.1) is 0 Å². The topological polar surface area (TPSA) is 60.1 Å². The molecular weight excluding hydrogens is 373 g/mol. The molecule has 0 radical (unpaired) electrons. The van der Waals surface area contributed by atoms with Crippen molar-refractivity contribution < 1.29 is 9.21 Å². The number of aromatic nitrogens is 2. The number of carbonyl (C=O) groups excluding carboxylic acids is 1. The number of carbonyl (C=O) groups is 1. The highest BCUT2D eigenvalue weighted by Gasteiger charge is 2.33. The van der Waals surface area contributed by atoms with E-state index >= 15 is 0 Å². The molecule has 0 bridgehead atoms. The molecule has 4 rings (SSSR count). The summed E-state index contributed by atoms with van der Waals surface area (Å²) in [5, 5.41) is 8.57. The molecule has 1 N–H and O–H groups in total. The zero-order chi connectivity index (χ0) is 18.3. The molecule has 3 aromatic rings. The Bertz CT molecular complexity index is 960. The third-order valence-electron chi connectivity index (χ3n) is 4.49. The predicted molar refractivity (Wildman–Crippen MR) is 100 cm³/mol. The van der Waals surface area contributed by atoms with E-state index in [1.165, 1.54) is 0 Å². The molecule has 1 fully saturated rings. The molecule has 1 aliphatic rings. The van der Waals surface area contributed by atoms with Gasteiger partial charge in [-0.3, -0.25) is 4.79 Å². The van der Waals surface area contributed by atoms with Crippen LogP contribution in [0, 0.1) is 6.92 Å². The van der Waals surface area contributed by atoms with E-state index in [-0.39, 0.29) is 5.91 Å². The van der Waals surface area contributed by atoms with Crippen LogP contribution >= 0.6 is 23.2 Å². The highest BCUT2D eigenvalue weighted by molar-refractivity contribution is 6.42. The zero-order valence-corrected chi connectivity index (χ0v) is 15.6. The maximum atomic E-state index is 12.8. The van der Waals surface area contributed by atoms with Crippen LogP contribution in [0.4, 0.5) is 0 Å². The van der Waals surface area contributed by atoms with Crippen molar-refractivity contribution in [1.29, 1.82) is 0 Å². The number of hydrogen-bond acceptors (Lipinski definition) is 3. The lowest BCUT2D eigenvalue weighted by atomic mass is 10.1. The van der Waals surface area contributed by atoms with E-state index in [4.69, 9.17) is 32.7 Å². The summed E-state index contributed by atoms with van der Waals surface area (Å²) in [6.45, 7) is 2.23. The second-order valence-corrected chi connectivity index (χ2v) is 7.21. The molecule has 5 nitrogen and oxygen atoms in total. The summed E-state index contributed by atoms with van der Waals surface area (Å²) < 4.78 is 7.04. The van der Waals surface area contributed by atoms with Gasteiger partial charge in [-0.1, -0.05) is 23.2 Å². The lowest BCUT2D eigenvalue weighted by molar-refractivity contribution is 0.0946. The third-order valence-corrected chi connectivity index (χ3v) is 5.22. The number of benzene rings is 1. The Morgan fingerprint density at radius 1 is 1.31 bits per heavy atom. The first kappa shape index (κ1) is 17.2. The molecule has 1 saturated carbocycles. The lowest BCUT2D eigenvalue weighted by Gasteiger charge is -2.07. The van der Waals surface area contributed by atoms with Crippen LogP contribution in [0.5, 0.6) is 0 Å². The summed E-state index contributed by atoms with van der Waals surface area (Å²) >= 11 is 12.2. The average molecular weight is 390 g/mol. The van der Waals surface area contributed by atoms with Crippen molar-refractivity contribution in [3.63, 3.8) is 0 Å². The van der Waals surface area contributed by atoms with Crippen LogP contribution in [0.2, 0.25) is 10.0 Å². The van der Waals surface area contributed by atoms with Gasteiger partial charge >= 0.3 is 0 Å². The van der Waals surface area contributed by atoms with Crippen LogP contribution in [-0.2, 0) is 6.54 Å². The number of furan rings is 1. The van der Waals surface area contributed by atoms with Crippen molar-refractivity contribution in [2.24, 2.45) is 0 Å². The highest BCUT2D eigenvalue weighted by atomic mass is 35.5. The van der Waals surface area contributed by atoms with Crippen LogP contribution in [0.25, 0.3) is 5.69 Å². The Morgan fingerprint density at radius 3 is 2.77 bits per heavy atom. The molecular formula is C19H17Cl2N3O2. The van der Waals surface area contributed by atoms with E-state index in [1.54, 1.807) is 29.1 Å². The minimum absolute atomic E-state index is 0.146. The fourth-order valence-electron chi connectivity index (χ4n) is 2.98. The smallest absolute Gasteiger partial charge is 0.255 e. The first-order valence-corrected chi connectivity index (χ1v) is 9.15. The van der Waals surface area contributed by atoms with Crippen LogP contribution < -0.4 is 5.32 Å². The lowest BCUT2D eigenvalue weighted by Crippen LogP contribution is -2.24. The normalized spacial score (nSPS) is 13.8. The van der Waals surface area contributed by atoms with E-state index in [9.17, 15) is 4.79 Å². The minimum Gasteiger partial charge on any atom is -0.467 e. The number of rotatable bonds is 5. The quantitative estimate of drug-likeness (QED) is 0.675. The number of amides is 1. The summed E-state index contributed by atoms with van der Waals surface area (Å²) in [5.41, 5.74) is 3.03. The highest BCUT2D eigenvalue weighted by Crippen LogP contribution is 2.42. The van der Waals surface area contributed by atoms with Crippen molar-refractivity contribution in [3.8, 4) is 5.69 Å². The van der Waals surface area contributed by atoms with Crippen molar-refractivity contribution in [2.45, 2.75) is 32.2 Å². The summed E-state index contributed by atoms with van der Waals surface area (Å²) in [6.07, 6.45) is 3.69. The average Bonchev–Trinajstić information content (AvgIpc) is 3.22. The van der Waals surface area contributed by atoms with Gasteiger partial charge in [-0.2, -0.15) is 5.10 Å². The molecule has 7 heteroatoms. The van der Waals surface area contributed by atoms with E-state index in [0.717, 1.165) is 29.9 Å². The van der Waals surface area contributed by atoms with E-state index in [1.807, 2.05) is 19.1 Å². The molecule has 0 unspecified atom stereocenters. The van der Waals surface area contributed by atoms with Crippen LogP contribution in [0.1, 0.15) is 46.3 Å². The van der Waals surface area contributed by atoms with Crippen LogP contribution in [0.15, 0.2) is 41.0 Å². The van der Waals surface area contributed by atoms with Gasteiger partial charge in [0.25, 0.3) is 5.91 Å². The molecule has 1 amide bonds. The van der Waals surface area contributed by atoms with Crippen molar-refractivity contribution in [1.82, 2.24) is 15.1 Å². The van der Waals surface area contributed by atoms with Crippen LogP contribution in [0.3, 0.4) is 0 Å². The second-order valence-electron chi connectivity index (χ2n) is 6.39. The Kier molecular flexibility index (Phi) is 4.51. The van der Waals surface area contributed by atoms with Gasteiger partial charge in [-0.05, 0) is 50.1 Å². The fraction of sp³-hybridized carbons (Fsp3) is 0.263. The van der Waals surface area contributed by atoms with Gasteiger partial charge in [0.15, 0.2) is 0 Å². The SMILES string of the molecule is Cc1c(C(=O)NCc2ccco2)c(C2CC2)nn1-c1ccc(Cl)c(Cl)c1. The first-order valence-electron chi connectivity index (χ1n) is 8.40. The largest absolute Gasteiger partial charge is 0.467 e. The number of nitrogens with zero attached hydrogens (tertiary/aromatic N) is 2. The molecule has 0 aliphatic heterocycles. The van der Waals surface area contributed by atoms with Gasteiger partial charge in [0.2, 0.25) is 0 Å². The summed E-state index contributed by atoms with van der Waals surface area (Å²) in [5.74, 6) is 0.898. The molecule has 1 aliphatic carbocycles. The number of hydrogen-bond donors (Lipinski definition) is 1. The van der Waals surface area contributed by atoms with Gasteiger partial charge in [0.05, 0.1) is 45.5 Å². The Labute approximate surface area is 160 Å². The third kappa shape index (κ3) is 3.24. The molecule has 0 spiro atoms. The molecule has 2 aromatic heterocycles. The monoisotopic (exact) mass is 389 g/mol. The van der Waals surface area contributed by atoms with E-state index in [2.05, 4.69) is 5.32 Å². The molecule has 26 heavy (non-hydrogen) atoms. The minimum atomic E-state index is -0.146. The number of nitrogens with one attached hydrogen (secondary N) is 1. The first-order chi connectivity index (χ1) is 12.5. The Morgan fingerprint density at radius 2 is 2.12 bits per heavy atom. The standard InChI is InChI=1S/C19H17Cl2N3O2/c1-11-17(19(25)22-10-14-3-2-8-26-14)18(12-4-5-12)23-24(11)13-6-7-15(20)16(21)9-13/h2-3,6-9,12H,4-5,10H2,1H3,(H,22,25). The second kappa shape index (κ2) is 6.82.